The van der Waals surface area contributed by atoms with E-state index in [2.05, 4.69) is 15.4 Å². The quantitative estimate of drug-likeness (QED) is 0.183. The predicted molar refractivity (Wildman–Crippen MR) is 160 cm³/mol. The SMILES string of the molecule is N[C@H](C(=O)Nc1cccc(F)c1CC[C@@H]1CN[C@H](COC(=O)NCC(F)(F)F)CO1)[C@@H](c1ccc(F)cc1)c1cccc(OC(F)(F)F)c1. The van der Waals surface area contributed by atoms with Crippen molar-refractivity contribution in [2.45, 2.75) is 49.5 Å². The number of nitrogens with one attached hydrogen (secondary N) is 3. The number of carbonyl (C=O) groups is 2. The summed E-state index contributed by atoms with van der Waals surface area (Å²) in [6.07, 6.45) is -10.9. The smallest absolute Gasteiger partial charge is 0.448 e. The van der Waals surface area contributed by atoms with Crippen LogP contribution in [0.1, 0.15) is 29.0 Å². The zero-order valence-corrected chi connectivity index (χ0v) is 25.5. The fraction of sp³-hybridized carbons (Fsp3) is 0.375. The molecule has 0 radical (unpaired) electrons. The third-order valence-corrected chi connectivity index (χ3v) is 7.45. The first-order valence-electron chi connectivity index (χ1n) is 14.9. The minimum atomic E-state index is -4.98. The number of nitrogens with two attached hydrogens (primary N) is 1. The third-order valence-electron chi connectivity index (χ3n) is 7.45. The van der Waals surface area contributed by atoms with Gasteiger partial charge in [0.25, 0.3) is 0 Å². The summed E-state index contributed by atoms with van der Waals surface area (Å²) in [6, 6.07) is 11.8. The summed E-state index contributed by atoms with van der Waals surface area (Å²) >= 11 is 0. The Morgan fingerprint density at radius 3 is 2.35 bits per heavy atom. The first-order valence-corrected chi connectivity index (χ1v) is 14.9. The van der Waals surface area contributed by atoms with Gasteiger partial charge >= 0.3 is 18.6 Å². The summed E-state index contributed by atoms with van der Waals surface area (Å²) in [5.74, 6) is -3.66. The van der Waals surface area contributed by atoms with Crippen LogP contribution in [0, 0.1) is 11.6 Å². The van der Waals surface area contributed by atoms with E-state index in [1.54, 1.807) is 5.32 Å². The number of rotatable bonds is 12. The van der Waals surface area contributed by atoms with Crippen LogP contribution in [0.2, 0.25) is 0 Å². The zero-order chi connectivity index (χ0) is 35.8. The highest BCUT2D eigenvalue weighted by molar-refractivity contribution is 5.96. The van der Waals surface area contributed by atoms with Crippen LogP contribution in [0.3, 0.4) is 0 Å². The molecule has 2 amide bonds. The summed E-state index contributed by atoms with van der Waals surface area (Å²) in [7, 11) is 0. The molecule has 3 aromatic rings. The Bertz CT molecular complexity index is 1560. The Kier molecular flexibility index (Phi) is 12.4. The number of hydrogen-bond acceptors (Lipinski definition) is 7. The van der Waals surface area contributed by atoms with Crippen molar-refractivity contribution in [2.24, 2.45) is 5.73 Å². The number of hydrogen-bond donors (Lipinski definition) is 4. The van der Waals surface area contributed by atoms with Crippen molar-refractivity contribution in [3.8, 4) is 5.75 Å². The van der Waals surface area contributed by atoms with Crippen LogP contribution < -0.4 is 26.4 Å². The number of amides is 2. The normalized spacial score (nSPS) is 17.9. The van der Waals surface area contributed by atoms with E-state index in [1.807, 2.05) is 0 Å². The Labute approximate surface area is 275 Å². The van der Waals surface area contributed by atoms with Crippen molar-refractivity contribution in [1.82, 2.24) is 10.6 Å². The average Bonchev–Trinajstić information content (AvgIpc) is 3.03. The van der Waals surface area contributed by atoms with Crippen molar-refractivity contribution >= 4 is 17.7 Å². The molecule has 266 valence electrons. The monoisotopic (exact) mass is 704 g/mol. The second kappa shape index (κ2) is 16.3. The second-order valence-corrected chi connectivity index (χ2v) is 11.1. The van der Waals surface area contributed by atoms with Gasteiger partial charge in [0.05, 0.1) is 24.8 Å². The van der Waals surface area contributed by atoms with E-state index < -0.39 is 72.6 Å². The van der Waals surface area contributed by atoms with Crippen LogP contribution in [-0.4, -0.2) is 69.0 Å². The van der Waals surface area contributed by atoms with E-state index in [9.17, 15) is 40.3 Å². The van der Waals surface area contributed by atoms with Gasteiger partial charge in [0, 0.05) is 23.7 Å². The molecule has 1 aliphatic rings. The van der Waals surface area contributed by atoms with Crippen molar-refractivity contribution in [3.63, 3.8) is 0 Å². The minimum Gasteiger partial charge on any atom is -0.448 e. The van der Waals surface area contributed by atoms with Gasteiger partial charge in [-0.1, -0.05) is 30.3 Å². The summed E-state index contributed by atoms with van der Waals surface area (Å²) in [6.45, 7) is -1.49. The molecule has 4 rings (SSSR count). The molecule has 9 nitrogen and oxygen atoms in total. The lowest BCUT2D eigenvalue weighted by Gasteiger charge is -2.30. The Morgan fingerprint density at radius 1 is 0.980 bits per heavy atom. The Balaban J connectivity index is 1.40. The van der Waals surface area contributed by atoms with E-state index in [0.29, 0.717) is 5.56 Å². The summed E-state index contributed by atoms with van der Waals surface area (Å²) in [4.78, 5) is 25.0. The molecule has 0 spiro atoms. The van der Waals surface area contributed by atoms with Gasteiger partial charge in [0.2, 0.25) is 5.91 Å². The molecule has 3 aromatic carbocycles. The first kappa shape index (κ1) is 37.3. The van der Waals surface area contributed by atoms with E-state index in [4.69, 9.17) is 15.2 Å². The van der Waals surface area contributed by atoms with Gasteiger partial charge in [-0.2, -0.15) is 13.2 Å². The first-order chi connectivity index (χ1) is 23.1. The molecule has 1 saturated heterocycles. The van der Waals surface area contributed by atoms with Crippen LogP contribution in [0.15, 0.2) is 66.7 Å². The lowest BCUT2D eigenvalue weighted by molar-refractivity contribution is -0.274. The van der Waals surface area contributed by atoms with Crippen LogP contribution in [-0.2, 0) is 20.7 Å². The highest BCUT2D eigenvalue weighted by Crippen LogP contribution is 2.33. The zero-order valence-electron chi connectivity index (χ0n) is 25.5. The van der Waals surface area contributed by atoms with Crippen LogP contribution >= 0.6 is 0 Å². The van der Waals surface area contributed by atoms with Gasteiger partial charge in [-0.25, -0.2) is 13.6 Å². The molecule has 0 bridgehead atoms. The summed E-state index contributed by atoms with van der Waals surface area (Å²) < 4.78 is 119. The molecular formula is C32H32F8N4O5. The van der Waals surface area contributed by atoms with Gasteiger partial charge in [-0.3, -0.25) is 4.79 Å². The fourth-order valence-corrected chi connectivity index (χ4v) is 5.15. The van der Waals surface area contributed by atoms with Gasteiger partial charge in [-0.05, 0) is 60.4 Å². The highest BCUT2D eigenvalue weighted by atomic mass is 19.4. The van der Waals surface area contributed by atoms with E-state index in [-0.39, 0.29) is 49.4 Å². The number of anilines is 1. The standard InChI is InChI=1S/C32H32F8N4O5/c33-20-9-7-18(8-10-20)27(19-3-1-4-22(13-19)49-32(38,39)40)28(41)29(45)44-26-6-2-5-25(34)24(26)12-11-23-14-42-21(15-47-23)16-48-30(46)43-17-31(35,36)37/h1-10,13,21,23,27-28,42H,11-12,14-17,41H2,(H,43,46)(H,44,45)/t21-,23+,27-,28-/m0/s1. The maximum atomic E-state index is 15.0. The number of alkyl halides is 6. The minimum absolute atomic E-state index is 0.0485. The molecule has 5 N–H and O–H groups in total. The molecule has 49 heavy (non-hydrogen) atoms. The number of morpholine rings is 1. The maximum Gasteiger partial charge on any atom is 0.573 e. The lowest BCUT2D eigenvalue weighted by Crippen LogP contribution is -2.49. The van der Waals surface area contributed by atoms with Crippen molar-refractivity contribution < 1.29 is 58.9 Å². The molecule has 1 fully saturated rings. The third kappa shape index (κ3) is 11.6. The van der Waals surface area contributed by atoms with Crippen LogP contribution in [0.25, 0.3) is 0 Å². The Morgan fingerprint density at radius 2 is 1.69 bits per heavy atom. The van der Waals surface area contributed by atoms with Crippen molar-refractivity contribution in [2.75, 3.05) is 31.6 Å². The molecule has 0 saturated carbocycles. The molecule has 1 heterocycles. The summed E-state index contributed by atoms with van der Waals surface area (Å²) in [5, 5.41) is 7.24. The number of halogens is 8. The summed E-state index contributed by atoms with van der Waals surface area (Å²) in [5.41, 5.74) is 7.09. The van der Waals surface area contributed by atoms with Gasteiger partial charge in [-0.15, -0.1) is 13.2 Å². The molecule has 4 atom stereocenters. The van der Waals surface area contributed by atoms with Gasteiger partial charge in [0.15, 0.2) is 0 Å². The second-order valence-electron chi connectivity index (χ2n) is 11.1. The highest BCUT2D eigenvalue weighted by Gasteiger charge is 2.33. The Hall–Kier alpha value is -4.48. The van der Waals surface area contributed by atoms with Crippen molar-refractivity contribution in [3.05, 3.63) is 95.1 Å². The van der Waals surface area contributed by atoms with E-state index in [1.165, 1.54) is 42.5 Å². The number of benzene rings is 3. The molecule has 0 unspecified atom stereocenters. The maximum absolute atomic E-state index is 15.0. The molecular weight excluding hydrogens is 672 g/mol. The van der Waals surface area contributed by atoms with Crippen molar-refractivity contribution in [1.29, 1.82) is 0 Å². The van der Waals surface area contributed by atoms with Crippen LogP contribution in [0.4, 0.5) is 45.6 Å². The molecule has 17 heteroatoms. The molecule has 0 aliphatic carbocycles. The largest absolute Gasteiger partial charge is 0.573 e. The number of alkyl carbamates (subject to hydrolysis) is 1. The predicted octanol–water partition coefficient (Wildman–Crippen LogP) is 5.54. The van der Waals surface area contributed by atoms with Gasteiger partial charge in [0.1, 0.15) is 30.5 Å². The number of carbonyl (C=O) groups excluding carboxylic acids is 2. The van der Waals surface area contributed by atoms with E-state index >= 15 is 4.39 Å². The average molecular weight is 705 g/mol. The van der Waals surface area contributed by atoms with Gasteiger partial charge < -0.3 is 35.9 Å². The van der Waals surface area contributed by atoms with E-state index in [0.717, 1.165) is 24.3 Å². The lowest BCUT2D eigenvalue weighted by atomic mass is 9.84. The number of ether oxygens (including phenoxy) is 3. The topological polar surface area (TPSA) is 124 Å². The molecule has 0 aromatic heterocycles. The fourth-order valence-electron chi connectivity index (χ4n) is 5.15. The van der Waals surface area contributed by atoms with Crippen LogP contribution in [0.5, 0.6) is 5.75 Å². The molecule has 1 aliphatic heterocycles.